The highest BCUT2D eigenvalue weighted by Crippen LogP contribution is 1.94. The standard InChI is InChI=1S/C7H13NO/c1-3-4-5-7(9)6-8-2/h2-6H2,1H3. The van der Waals surface area contributed by atoms with E-state index >= 15 is 0 Å². The van der Waals surface area contributed by atoms with Gasteiger partial charge in [-0.3, -0.25) is 9.79 Å². The van der Waals surface area contributed by atoms with Crippen LogP contribution in [0.1, 0.15) is 26.2 Å². The van der Waals surface area contributed by atoms with Crippen molar-refractivity contribution < 1.29 is 4.79 Å². The van der Waals surface area contributed by atoms with Crippen molar-refractivity contribution in [2.75, 3.05) is 6.54 Å². The summed E-state index contributed by atoms with van der Waals surface area (Å²) in [5.41, 5.74) is 0. The fraction of sp³-hybridized carbons (Fsp3) is 0.714. The van der Waals surface area contributed by atoms with E-state index in [1.54, 1.807) is 0 Å². The highest BCUT2D eigenvalue weighted by atomic mass is 16.1. The zero-order valence-electron chi connectivity index (χ0n) is 5.89. The Balaban J connectivity index is 3.16. The second kappa shape index (κ2) is 5.48. The first kappa shape index (κ1) is 8.34. The molecule has 9 heavy (non-hydrogen) atoms. The number of carbonyl (C=O) groups excluding carboxylic acids is 1. The van der Waals surface area contributed by atoms with Crippen LogP contribution in [0.2, 0.25) is 0 Å². The summed E-state index contributed by atoms with van der Waals surface area (Å²) in [4.78, 5) is 14.2. The lowest BCUT2D eigenvalue weighted by Crippen LogP contribution is -2.00. The van der Waals surface area contributed by atoms with E-state index in [4.69, 9.17) is 0 Å². The number of nitrogens with zero attached hydrogens (tertiary/aromatic N) is 1. The average molecular weight is 127 g/mol. The van der Waals surface area contributed by atoms with Crippen LogP contribution in [-0.2, 0) is 4.79 Å². The summed E-state index contributed by atoms with van der Waals surface area (Å²) in [5, 5.41) is 0. The van der Waals surface area contributed by atoms with Gasteiger partial charge in [0, 0.05) is 6.42 Å². The van der Waals surface area contributed by atoms with Crippen LogP contribution in [0.4, 0.5) is 0 Å². The Bertz CT molecular complexity index is 99.1. The molecule has 0 aliphatic carbocycles. The monoisotopic (exact) mass is 127 g/mol. The average Bonchev–Trinajstić information content (AvgIpc) is 1.85. The third kappa shape index (κ3) is 5.21. The van der Waals surface area contributed by atoms with Crippen molar-refractivity contribution >= 4 is 12.5 Å². The van der Waals surface area contributed by atoms with Crippen molar-refractivity contribution in [3.63, 3.8) is 0 Å². The number of unbranched alkanes of at least 4 members (excludes halogenated alkanes) is 1. The molecule has 0 N–H and O–H groups in total. The number of ketones is 1. The third-order valence-corrected chi connectivity index (χ3v) is 1.10. The van der Waals surface area contributed by atoms with Crippen molar-refractivity contribution in [1.29, 1.82) is 0 Å². The zero-order chi connectivity index (χ0) is 7.11. The quantitative estimate of drug-likeness (QED) is 0.514. The summed E-state index contributed by atoms with van der Waals surface area (Å²) in [7, 11) is 0. The van der Waals surface area contributed by atoms with Gasteiger partial charge in [-0.2, -0.15) is 0 Å². The van der Waals surface area contributed by atoms with Gasteiger partial charge in [0.05, 0.1) is 6.54 Å². The summed E-state index contributed by atoms with van der Waals surface area (Å²) in [6.07, 6.45) is 2.72. The summed E-state index contributed by atoms with van der Waals surface area (Å²) < 4.78 is 0. The van der Waals surface area contributed by atoms with E-state index in [1.807, 2.05) is 0 Å². The number of rotatable bonds is 5. The van der Waals surface area contributed by atoms with Crippen LogP contribution in [0.15, 0.2) is 4.99 Å². The lowest BCUT2D eigenvalue weighted by Gasteiger charge is -1.91. The van der Waals surface area contributed by atoms with Crippen molar-refractivity contribution in [2.24, 2.45) is 4.99 Å². The Morgan fingerprint density at radius 3 is 2.78 bits per heavy atom. The highest BCUT2D eigenvalue weighted by molar-refractivity contribution is 5.80. The van der Waals surface area contributed by atoms with Gasteiger partial charge in [0.1, 0.15) is 0 Å². The van der Waals surface area contributed by atoms with Crippen LogP contribution < -0.4 is 0 Å². The topological polar surface area (TPSA) is 29.4 Å². The van der Waals surface area contributed by atoms with Gasteiger partial charge in [-0.1, -0.05) is 13.3 Å². The molecule has 0 aromatic heterocycles. The zero-order valence-corrected chi connectivity index (χ0v) is 5.89. The molecule has 0 spiro atoms. The molecule has 0 amide bonds. The van der Waals surface area contributed by atoms with Crippen LogP contribution in [-0.4, -0.2) is 19.0 Å². The highest BCUT2D eigenvalue weighted by Gasteiger charge is 1.96. The van der Waals surface area contributed by atoms with E-state index in [0.717, 1.165) is 12.8 Å². The number of aliphatic imine (C=N–C) groups is 1. The smallest absolute Gasteiger partial charge is 0.154 e. The third-order valence-electron chi connectivity index (χ3n) is 1.10. The van der Waals surface area contributed by atoms with Crippen LogP contribution in [0.3, 0.4) is 0 Å². The fourth-order valence-electron chi connectivity index (χ4n) is 0.578. The van der Waals surface area contributed by atoms with Crippen molar-refractivity contribution in [3.8, 4) is 0 Å². The molecule has 0 radical (unpaired) electrons. The predicted octanol–water partition coefficient (Wildman–Crippen LogP) is 1.45. The SMILES string of the molecule is C=NCC(=O)CCCC. The van der Waals surface area contributed by atoms with Gasteiger partial charge in [-0.15, -0.1) is 0 Å². The summed E-state index contributed by atoms with van der Waals surface area (Å²) >= 11 is 0. The molecule has 2 nitrogen and oxygen atoms in total. The Kier molecular flexibility index (Phi) is 5.07. The van der Waals surface area contributed by atoms with Crippen molar-refractivity contribution in [3.05, 3.63) is 0 Å². The Hall–Kier alpha value is -0.660. The van der Waals surface area contributed by atoms with Crippen LogP contribution in [0, 0.1) is 0 Å². The predicted molar refractivity (Wildman–Crippen MR) is 38.9 cm³/mol. The van der Waals surface area contributed by atoms with Gasteiger partial charge in [-0.25, -0.2) is 0 Å². The molecule has 0 unspecified atom stereocenters. The van der Waals surface area contributed by atoms with Crippen molar-refractivity contribution in [1.82, 2.24) is 0 Å². The van der Waals surface area contributed by atoms with E-state index in [1.165, 1.54) is 0 Å². The van der Waals surface area contributed by atoms with Gasteiger partial charge in [0.25, 0.3) is 0 Å². The number of hydrogen-bond donors (Lipinski definition) is 0. The molecule has 0 saturated carbocycles. The van der Waals surface area contributed by atoms with E-state index in [9.17, 15) is 4.79 Å². The summed E-state index contributed by atoms with van der Waals surface area (Å²) in [5.74, 6) is 0.201. The maximum absolute atomic E-state index is 10.7. The molecule has 0 aromatic carbocycles. The minimum absolute atomic E-state index is 0.201. The fourth-order valence-corrected chi connectivity index (χ4v) is 0.578. The lowest BCUT2D eigenvalue weighted by molar-refractivity contribution is -0.117. The second-order valence-electron chi connectivity index (χ2n) is 2.02. The lowest BCUT2D eigenvalue weighted by atomic mass is 10.2. The Labute approximate surface area is 56.0 Å². The van der Waals surface area contributed by atoms with Gasteiger partial charge in [0.15, 0.2) is 5.78 Å². The molecule has 0 saturated heterocycles. The number of hydrogen-bond acceptors (Lipinski definition) is 2. The molecule has 2 heteroatoms. The Morgan fingerprint density at radius 1 is 1.67 bits per heavy atom. The van der Waals surface area contributed by atoms with E-state index in [0.29, 0.717) is 13.0 Å². The summed E-state index contributed by atoms with van der Waals surface area (Å²) in [6, 6.07) is 0. The first-order chi connectivity index (χ1) is 4.31. The van der Waals surface area contributed by atoms with Gasteiger partial charge in [0.2, 0.25) is 0 Å². The molecule has 0 heterocycles. The maximum atomic E-state index is 10.7. The molecule has 0 atom stereocenters. The minimum Gasteiger partial charge on any atom is -0.298 e. The second-order valence-corrected chi connectivity index (χ2v) is 2.02. The molecule has 0 aromatic rings. The summed E-state index contributed by atoms with van der Waals surface area (Å²) in [6.45, 7) is 5.59. The van der Waals surface area contributed by atoms with Crippen LogP contribution in [0.5, 0.6) is 0 Å². The maximum Gasteiger partial charge on any atom is 0.154 e. The molecule has 0 aliphatic heterocycles. The molecule has 0 fully saturated rings. The molecule has 0 aliphatic rings. The molecule has 0 rings (SSSR count). The Morgan fingerprint density at radius 2 is 2.33 bits per heavy atom. The molecule has 52 valence electrons. The van der Waals surface area contributed by atoms with Crippen LogP contribution in [0.25, 0.3) is 0 Å². The number of carbonyl (C=O) groups is 1. The van der Waals surface area contributed by atoms with Gasteiger partial charge < -0.3 is 0 Å². The molecular formula is C7H13NO. The van der Waals surface area contributed by atoms with Crippen molar-refractivity contribution in [2.45, 2.75) is 26.2 Å². The largest absolute Gasteiger partial charge is 0.298 e. The van der Waals surface area contributed by atoms with E-state index in [-0.39, 0.29) is 5.78 Å². The minimum atomic E-state index is 0.201. The molecule has 0 bridgehead atoms. The van der Waals surface area contributed by atoms with Gasteiger partial charge in [-0.05, 0) is 13.1 Å². The normalized spacial score (nSPS) is 9.00. The van der Waals surface area contributed by atoms with Crippen LogP contribution >= 0.6 is 0 Å². The number of Topliss-reactive ketones (excluding diaryl/α,β-unsaturated/α-hetero) is 1. The first-order valence-electron chi connectivity index (χ1n) is 3.25. The van der Waals surface area contributed by atoms with E-state index < -0.39 is 0 Å². The van der Waals surface area contributed by atoms with Gasteiger partial charge >= 0.3 is 0 Å². The molecular weight excluding hydrogens is 114 g/mol. The van der Waals surface area contributed by atoms with E-state index in [2.05, 4.69) is 18.6 Å². The first-order valence-corrected chi connectivity index (χ1v) is 3.25.